The topological polar surface area (TPSA) is 62.1 Å². The molecule has 25 heavy (non-hydrogen) atoms. The molecular weight excluding hydrogens is 336 g/mol. The van der Waals surface area contributed by atoms with Crippen LogP contribution in [0, 0.1) is 11.3 Å². The average molecular weight is 357 g/mol. The minimum atomic E-state index is -0.269. The van der Waals surface area contributed by atoms with Crippen LogP contribution in [0.1, 0.15) is 24.0 Å². The molecule has 0 spiro atoms. The predicted molar refractivity (Wildman–Crippen MR) is 98.7 cm³/mol. The van der Waals surface area contributed by atoms with Gasteiger partial charge >= 0.3 is 0 Å². The van der Waals surface area contributed by atoms with E-state index in [-0.39, 0.29) is 12.3 Å². The molecular formula is C20H21ClN2O2. The maximum atomic E-state index is 11.3. The van der Waals surface area contributed by atoms with Crippen molar-refractivity contribution < 1.29 is 9.53 Å². The van der Waals surface area contributed by atoms with Crippen molar-refractivity contribution in [3.8, 4) is 11.8 Å². The molecule has 0 atom stereocenters. The van der Waals surface area contributed by atoms with E-state index in [0.717, 1.165) is 24.2 Å². The van der Waals surface area contributed by atoms with Gasteiger partial charge in [-0.15, -0.1) is 0 Å². The zero-order chi connectivity index (χ0) is 17.9. The summed E-state index contributed by atoms with van der Waals surface area (Å²) in [7, 11) is 0. The van der Waals surface area contributed by atoms with Gasteiger partial charge in [0, 0.05) is 11.6 Å². The Morgan fingerprint density at radius 1 is 1.16 bits per heavy atom. The van der Waals surface area contributed by atoms with Gasteiger partial charge in [-0.2, -0.15) is 5.26 Å². The summed E-state index contributed by atoms with van der Waals surface area (Å²) >= 11 is 6.06. The third-order valence-electron chi connectivity index (χ3n) is 3.69. The molecule has 1 N–H and O–H groups in total. The van der Waals surface area contributed by atoms with E-state index in [9.17, 15) is 4.79 Å². The predicted octanol–water partition coefficient (Wildman–Crippen LogP) is 3.92. The molecule has 0 fully saturated rings. The molecule has 2 aromatic rings. The van der Waals surface area contributed by atoms with E-state index in [1.807, 2.05) is 36.4 Å². The number of aryl methyl sites for hydroxylation is 1. The van der Waals surface area contributed by atoms with E-state index >= 15 is 0 Å². The zero-order valence-electron chi connectivity index (χ0n) is 14.0. The van der Waals surface area contributed by atoms with E-state index in [2.05, 4.69) is 17.4 Å². The number of hydrogen-bond acceptors (Lipinski definition) is 3. The Morgan fingerprint density at radius 3 is 2.72 bits per heavy atom. The van der Waals surface area contributed by atoms with Gasteiger partial charge < -0.3 is 10.1 Å². The number of hydrogen-bond donors (Lipinski definition) is 1. The standard InChI is InChI=1S/C20H21ClN2O2/c21-18-8-9-19(17(15-18)11-13-23-20(24)10-12-22)25-14-4-7-16-5-2-1-3-6-16/h1-3,5-6,8-9,15H,4,7,10-11,13-14H2,(H,23,24). The summed E-state index contributed by atoms with van der Waals surface area (Å²) in [5.41, 5.74) is 2.24. The number of carbonyl (C=O) groups excluding carboxylic acids is 1. The van der Waals surface area contributed by atoms with Gasteiger partial charge in [-0.1, -0.05) is 41.9 Å². The van der Waals surface area contributed by atoms with E-state index < -0.39 is 0 Å². The molecule has 5 heteroatoms. The molecule has 0 radical (unpaired) electrons. The maximum absolute atomic E-state index is 11.3. The first-order valence-electron chi connectivity index (χ1n) is 8.28. The van der Waals surface area contributed by atoms with Crippen LogP contribution in [0.25, 0.3) is 0 Å². The molecule has 2 rings (SSSR count). The summed E-state index contributed by atoms with van der Waals surface area (Å²) in [6.07, 6.45) is 2.36. The minimum Gasteiger partial charge on any atom is -0.493 e. The fourth-order valence-electron chi connectivity index (χ4n) is 2.46. The fraction of sp³-hybridized carbons (Fsp3) is 0.300. The minimum absolute atomic E-state index is 0.127. The van der Waals surface area contributed by atoms with Crippen molar-refractivity contribution in [3.05, 3.63) is 64.7 Å². The van der Waals surface area contributed by atoms with Crippen molar-refractivity contribution in [3.63, 3.8) is 0 Å². The number of nitriles is 1. The van der Waals surface area contributed by atoms with Crippen LogP contribution in [0.3, 0.4) is 0 Å². The molecule has 0 unspecified atom stereocenters. The molecule has 0 bridgehead atoms. The largest absolute Gasteiger partial charge is 0.493 e. The molecule has 0 saturated carbocycles. The lowest BCUT2D eigenvalue weighted by molar-refractivity contribution is -0.120. The lowest BCUT2D eigenvalue weighted by atomic mass is 10.1. The molecule has 0 aliphatic heterocycles. The second-order valence-electron chi connectivity index (χ2n) is 5.62. The quantitative estimate of drug-likeness (QED) is 0.692. The summed E-state index contributed by atoms with van der Waals surface area (Å²) in [6, 6.07) is 17.6. The van der Waals surface area contributed by atoms with Crippen molar-refractivity contribution in [2.24, 2.45) is 0 Å². The molecule has 130 valence electrons. The van der Waals surface area contributed by atoms with E-state index in [4.69, 9.17) is 21.6 Å². The highest BCUT2D eigenvalue weighted by atomic mass is 35.5. The third kappa shape index (κ3) is 6.86. The number of rotatable bonds is 9. The van der Waals surface area contributed by atoms with Crippen molar-refractivity contribution in [2.45, 2.75) is 25.7 Å². The smallest absolute Gasteiger partial charge is 0.234 e. The lowest BCUT2D eigenvalue weighted by Gasteiger charge is -2.12. The molecule has 2 aromatic carbocycles. The molecule has 0 aromatic heterocycles. The van der Waals surface area contributed by atoms with Gasteiger partial charge in [0.2, 0.25) is 5.91 Å². The summed E-state index contributed by atoms with van der Waals surface area (Å²) in [6.45, 7) is 1.06. The zero-order valence-corrected chi connectivity index (χ0v) is 14.8. The van der Waals surface area contributed by atoms with Crippen LogP contribution < -0.4 is 10.1 Å². The first-order chi connectivity index (χ1) is 12.2. The van der Waals surface area contributed by atoms with Gasteiger partial charge in [0.05, 0.1) is 12.7 Å². The Kier molecular flexibility index (Phi) is 7.81. The van der Waals surface area contributed by atoms with Crippen LogP contribution in [0.5, 0.6) is 5.75 Å². The number of amides is 1. The van der Waals surface area contributed by atoms with Gasteiger partial charge in [-0.25, -0.2) is 0 Å². The Morgan fingerprint density at radius 2 is 1.96 bits per heavy atom. The van der Waals surface area contributed by atoms with E-state index in [0.29, 0.717) is 24.6 Å². The Bertz CT molecular complexity index is 726. The van der Waals surface area contributed by atoms with Crippen LogP contribution in [0.4, 0.5) is 0 Å². The molecule has 0 aliphatic carbocycles. The fourth-order valence-corrected chi connectivity index (χ4v) is 2.65. The Hall–Kier alpha value is -2.51. The highest BCUT2D eigenvalue weighted by Crippen LogP contribution is 2.23. The molecule has 0 heterocycles. The second-order valence-corrected chi connectivity index (χ2v) is 6.06. The van der Waals surface area contributed by atoms with E-state index in [1.165, 1.54) is 5.56 Å². The number of nitrogens with zero attached hydrogens (tertiary/aromatic N) is 1. The Labute approximate surface area is 153 Å². The highest BCUT2D eigenvalue weighted by Gasteiger charge is 2.06. The lowest BCUT2D eigenvalue weighted by Crippen LogP contribution is -2.25. The molecule has 4 nitrogen and oxygen atoms in total. The number of ether oxygens (including phenoxy) is 1. The number of benzene rings is 2. The molecule has 0 saturated heterocycles. The van der Waals surface area contributed by atoms with Crippen LogP contribution in [0.2, 0.25) is 5.02 Å². The first kappa shape index (κ1) is 18.8. The van der Waals surface area contributed by atoms with Gasteiger partial charge in [-0.3, -0.25) is 4.79 Å². The number of halogens is 1. The maximum Gasteiger partial charge on any atom is 0.234 e. The summed E-state index contributed by atoms with van der Waals surface area (Å²) < 4.78 is 5.90. The van der Waals surface area contributed by atoms with Crippen molar-refractivity contribution >= 4 is 17.5 Å². The number of carbonyl (C=O) groups is 1. The Balaban J connectivity index is 1.83. The highest BCUT2D eigenvalue weighted by molar-refractivity contribution is 6.30. The normalized spacial score (nSPS) is 10.1. The van der Waals surface area contributed by atoms with Crippen LogP contribution >= 0.6 is 11.6 Å². The van der Waals surface area contributed by atoms with Crippen molar-refractivity contribution in [1.82, 2.24) is 5.32 Å². The van der Waals surface area contributed by atoms with Crippen LogP contribution in [-0.2, 0) is 17.6 Å². The van der Waals surface area contributed by atoms with Gasteiger partial charge in [-0.05, 0) is 48.6 Å². The summed E-state index contributed by atoms with van der Waals surface area (Å²) in [5.74, 6) is 0.516. The van der Waals surface area contributed by atoms with Gasteiger partial charge in [0.1, 0.15) is 12.2 Å². The molecule has 1 amide bonds. The SMILES string of the molecule is N#CCC(=O)NCCc1cc(Cl)ccc1OCCCc1ccccc1. The van der Waals surface area contributed by atoms with Crippen molar-refractivity contribution in [1.29, 1.82) is 5.26 Å². The number of nitrogens with one attached hydrogen (secondary N) is 1. The molecule has 0 aliphatic rings. The average Bonchev–Trinajstić information content (AvgIpc) is 2.61. The second kappa shape index (κ2) is 10.4. The summed E-state index contributed by atoms with van der Waals surface area (Å²) in [5, 5.41) is 11.8. The first-order valence-corrected chi connectivity index (χ1v) is 8.65. The monoisotopic (exact) mass is 356 g/mol. The third-order valence-corrected chi connectivity index (χ3v) is 3.92. The van der Waals surface area contributed by atoms with E-state index in [1.54, 1.807) is 6.07 Å². The van der Waals surface area contributed by atoms with Gasteiger partial charge in [0.25, 0.3) is 0 Å². The van der Waals surface area contributed by atoms with Crippen LogP contribution in [-0.4, -0.2) is 19.1 Å². The van der Waals surface area contributed by atoms with Crippen molar-refractivity contribution in [2.75, 3.05) is 13.2 Å². The van der Waals surface area contributed by atoms with Gasteiger partial charge in [0.15, 0.2) is 0 Å². The van der Waals surface area contributed by atoms with Crippen LogP contribution in [0.15, 0.2) is 48.5 Å². The summed E-state index contributed by atoms with van der Waals surface area (Å²) in [4.78, 5) is 11.3.